The minimum Gasteiger partial charge on any atom is -0.481 e. The summed E-state index contributed by atoms with van der Waals surface area (Å²) in [4.78, 5) is 25.7. The summed E-state index contributed by atoms with van der Waals surface area (Å²) in [5.41, 5.74) is 0. The number of carboxylic acids is 1. The van der Waals surface area contributed by atoms with Gasteiger partial charge in [0.05, 0.1) is 12.0 Å². The molecule has 2 saturated heterocycles. The van der Waals surface area contributed by atoms with Gasteiger partial charge in [-0.05, 0) is 12.8 Å². The SMILES string of the molecule is CN(CC1CCCO1)C(=O)N1CC(C(=O)O)C1. The Balaban J connectivity index is 1.74. The largest absolute Gasteiger partial charge is 0.481 e. The summed E-state index contributed by atoms with van der Waals surface area (Å²) in [5.74, 6) is -1.22. The number of nitrogens with zero attached hydrogens (tertiary/aromatic N) is 2. The van der Waals surface area contributed by atoms with Crippen molar-refractivity contribution in [3.63, 3.8) is 0 Å². The molecule has 2 aliphatic heterocycles. The molecule has 96 valence electrons. The monoisotopic (exact) mass is 242 g/mol. The predicted molar refractivity (Wildman–Crippen MR) is 59.7 cm³/mol. The summed E-state index contributed by atoms with van der Waals surface area (Å²) in [6.07, 6.45) is 2.19. The van der Waals surface area contributed by atoms with E-state index in [1.807, 2.05) is 0 Å². The van der Waals surface area contributed by atoms with Crippen LogP contribution in [-0.4, -0.2) is 66.3 Å². The van der Waals surface area contributed by atoms with Crippen molar-refractivity contribution in [1.82, 2.24) is 9.80 Å². The quantitative estimate of drug-likeness (QED) is 0.769. The van der Waals surface area contributed by atoms with Crippen LogP contribution >= 0.6 is 0 Å². The Hall–Kier alpha value is -1.30. The Kier molecular flexibility index (Phi) is 3.51. The minimum absolute atomic E-state index is 0.0991. The van der Waals surface area contributed by atoms with E-state index in [1.54, 1.807) is 16.8 Å². The lowest BCUT2D eigenvalue weighted by atomic mass is 10.0. The fourth-order valence-electron chi connectivity index (χ4n) is 2.20. The fourth-order valence-corrected chi connectivity index (χ4v) is 2.20. The number of urea groups is 1. The van der Waals surface area contributed by atoms with Crippen molar-refractivity contribution in [3.05, 3.63) is 0 Å². The van der Waals surface area contributed by atoms with Gasteiger partial charge in [0.15, 0.2) is 0 Å². The van der Waals surface area contributed by atoms with E-state index in [0.29, 0.717) is 19.6 Å². The molecule has 2 heterocycles. The second-order valence-corrected chi connectivity index (χ2v) is 4.74. The molecule has 6 nitrogen and oxygen atoms in total. The number of carbonyl (C=O) groups excluding carboxylic acids is 1. The van der Waals surface area contributed by atoms with Crippen LogP contribution in [0, 0.1) is 5.92 Å². The number of carboxylic acid groups (broad SMARTS) is 1. The molecule has 1 N–H and O–H groups in total. The van der Waals surface area contributed by atoms with E-state index in [0.717, 1.165) is 19.4 Å². The summed E-state index contributed by atoms with van der Waals surface area (Å²) >= 11 is 0. The van der Waals surface area contributed by atoms with Gasteiger partial charge in [0.25, 0.3) is 0 Å². The van der Waals surface area contributed by atoms with Gasteiger partial charge in [-0.2, -0.15) is 0 Å². The van der Waals surface area contributed by atoms with E-state index in [-0.39, 0.29) is 12.1 Å². The van der Waals surface area contributed by atoms with Crippen LogP contribution in [0.25, 0.3) is 0 Å². The van der Waals surface area contributed by atoms with Gasteiger partial charge in [0, 0.05) is 33.3 Å². The molecule has 17 heavy (non-hydrogen) atoms. The highest BCUT2D eigenvalue weighted by atomic mass is 16.5. The predicted octanol–water partition coefficient (Wildman–Crippen LogP) is 0.234. The average molecular weight is 242 g/mol. The van der Waals surface area contributed by atoms with E-state index >= 15 is 0 Å². The third-order valence-corrected chi connectivity index (χ3v) is 3.33. The summed E-state index contributed by atoms with van der Waals surface area (Å²) in [6, 6.07) is -0.0991. The number of likely N-dealkylation sites (N-methyl/N-ethyl adjacent to an activating group) is 1. The van der Waals surface area contributed by atoms with Crippen molar-refractivity contribution in [3.8, 4) is 0 Å². The maximum absolute atomic E-state index is 11.9. The number of amides is 2. The molecule has 0 aromatic rings. The van der Waals surface area contributed by atoms with Gasteiger partial charge in [0.2, 0.25) is 0 Å². The van der Waals surface area contributed by atoms with Gasteiger partial charge in [-0.1, -0.05) is 0 Å². The molecule has 0 bridgehead atoms. The second kappa shape index (κ2) is 4.91. The molecule has 2 aliphatic rings. The highest BCUT2D eigenvalue weighted by Gasteiger charge is 2.37. The summed E-state index contributed by atoms with van der Waals surface area (Å²) in [6.45, 7) is 2.01. The molecular formula is C11H18N2O4. The number of ether oxygens (including phenoxy) is 1. The zero-order chi connectivity index (χ0) is 12.4. The van der Waals surface area contributed by atoms with E-state index in [4.69, 9.17) is 9.84 Å². The molecule has 1 atom stereocenters. The number of likely N-dealkylation sites (tertiary alicyclic amines) is 1. The van der Waals surface area contributed by atoms with Crippen LogP contribution in [0.2, 0.25) is 0 Å². The molecule has 0 aromatic carbocycles. The maximum atomic E-state index is 11.9. The standard InChI is InChI=1S/C11H18N2O4/c1-12(7-9-3-2-4-17-9)11(16)13-5-8(6-13)10(14)15/h8-9H,2-7H2,1H3,(H,14,15). The highest BCUT2D eigenvalue weighted by molar-refractivity contribution is 5.79. The molecule has 2 amide bonds. The van der Waals surface area contributed by atoms with E-state index in [1.165, 1.54) is 0 Å². The zero-order valence-electron chi connectivity index (χ0n) is 9.96. The van der Waals surface area contributed by atoms with Crippen molar-refractivity contribution in [2.75, 3.05) is 33.3 Å². The summed E-state index contributed by atoms with van der Waals surface area (Å²) in [5, 5.41) is 8.73. The van der Waals surface area contributed by atoms with E-state index in [9.17, 15) is 9.59 Å². The number of carbonyl (C=O) groups is 2. The zero-order valence-corrected chi connectivity index (χ0v) is 9.96. The molecule has 0 aliphatic carbocycles. The summed E-state index contributed by atoms with van der Waals surface area (Å²) in [7, 11) is 1.73. The molecule has 2 fully saturated rings. The Morgan fingerprint density at radius 3 is 2.71 bits per heavy atom. The van der Waals surface area contributed by atoms with Crippen LogP contribution in [0.4, 0.5) is 4.79 Å². The molecule has 0 radical (unpaired) electrons. The van der Waals surface area contributed by atoms with Gasteiger partial charge in [-0.15, -0.1) is 0 Å². The first-order chi connectivity index (χ1) is 8.08. The second-order valence-electron chi connectivity index (χ2n) is 4.74. The molecule has 0 aromatic heterocycles. The topological polar surface area (TPSA) is 70.1 Å². The molecule has 0 spiro atoms. The van der Waals surface area contributed by atoms with Gasteiger partial charge in [-0.3, -0.25) is 4.79 Å². The number of hydrogen-bond donors (Lipinski definition) is 1. The van der Waals surface area contributed by atoms with Crippen LogP contribution in [0.15, 0.2) is 0 Å². The van der Waals surface area contributed by atoms with Crippen molar-refractivity contribution >= 4 is 12.0 Å². The number of rotatable bonds is 3. The first-order valence-corrected chi connectivity index (χ1v) is 5.92. The van der Waals surface area contributed by atoms with Crippen molar-refractivity contribution in [1.29, 1.82) is 0 Å². The highest BCUT2D eigenvalue weighted by Crippen LogP contribution is 2.18. The third kappa shape index (κ3) is 2.69. The third-order valence-electron chi connectivity index (χ3n) is 3.33. The first-order valence-electron chi connectivity index (χ1n) is 5.92. The van der Waals surface area contributed by atoms with Crippen LogP contribution in [-0.2, 0) is 9.53 Å². The lowest BCUT2D eigenvalue weighted by molar-refractivity contribution is -0.146. The van der Waals surface area contributed by atoms with Gasteiger partial charge >= 0.3 is 12.0 Å². The number of aliphatic carboxylic acids is 1. The first kappa shape index (κ1) is 12.2. The lowest BCUT2D eigenvalue weighted by Gasteiger charge is -2.39. The van der Waals surface area contributed by atoms with Crippen molar-refractivity contribution in [2.45, 2.75) is 18.9 Å². The lowest BCUT2D eigenvalue weighted by Crippen LogP contribution is -2.57. The van der Waals surface area contributed by atoms with Crippen LogP contribution in [0.3, 0.4) is 0 Å². The van der Waals surface area contributed by atoms with E-state index < -0.39 is 11.9 Å². The molecule has 2 rings (SSSR count). The van der Waals surface area contributed by atoms with Crippen LogP contribution in [0.1, 0.15) is 12.8 Å². The van der Waals surface area contributed by atoms with Crippen molar-refractivity contribution < 1.29 is 19.4 Å². The average Bonchev–Trinajstić information content (AvgIpc) is 2.67. The molecular weight excluding hydrogens is 224 g/mol. The fraction of sp³-hybridized carbons (Fsp3) is 0.818. The molecule has 0 saturated carbocycles. The van der Waals surface area contributed by atoms with Gasteiger partial charge < -0.3 is 19.6 Å². The van der Waals surface area contributed by atoms with Gasteiger partial charge in [0.1, 0.15) is 0 Å². The Bertz CT molecular complexity index is 309. The van der Waals surface area contributed by atoms with Crippen LogP contribution in [0.5, 0.6) is 0 Å². The molecule has 6 heteroatoms. The minimum atomic E-state index is -0.823. The van der Waals surface area contributed by atoms with Crippen LogP contribution < -0.4 is 0 Å². The Morgan fingerprint density at radius 1 is 1.47 bits per heavy atom. The smallest absolute Gasteiger partial charge is 0.319 e. The Labute approximate surface area is 100 Å². The Morgan fingerprint density at radius 2 is 2.18 bits per heavy atom. The summed E-state index contributed by atoms with van der Waals surface area (Å²) < 4.78 is 5.46. The molecule has 1 unspecified atom stereocenters. The number of hydrogen-bond acceptors (Lipinski definition) is 3. The maximum Gasteiger partial charge on any atom is 0.319 e. The normalized spacial score (nSPS) is 24.5. The van der Waals surface area contributed by atoms with Crippen molar-refractivity contribution in [2.24, 2.45) is 5.92 Å². The van der Waals surface area contributed by atoms with E-state index in [2.05, 4.69) is 0 Å². The van der Waals surface area contributed by atoms with Gasteiger partial charge in [-0.25, -0.2) is 4.79 Å².